The Labute approximate surface area is 89.6 Å². The van der Waals surface area contributed by atoms with Gasteiger partial charge in [-0.1, -0.05) is 0 Å². The fourth-order valence-electron chi connectivity index (χ4n) is 2.17. The van der Waals surface area contributed by atoms with Crippen LogP contribution in [0.25, 0.3) is 0 Å². The van der Waals surface area contributed by atoms with Gasteiger partial charge < -0.3 is 0 Å². The van der Waals surface area contributed by atoms with Crippen molar-refractivity contribution in [2.75, 3.05) is 13.1 Å². The maximum atomic E-state index is 12.2. The van der Waals surface area contributed by atoms with E-state index in [0.29, 0.717) is 13.0 Å². The van der Waals surface area contributed by atoms with Crippen molar-refractivity contribution >= 4 is 0 Å². The van der Waals surface area contributed by atoms with Crippen LogP contribution in [-0.4, -0.2) is 29.7 Å². The Morgan fingerprint density at radius 2 is 1.80 bits per heavy atom. The Morgan fingerprint density at radius 3 is 2.27 bits per heavy atom. The lowest BCUT2D eigenvalue weighted by Gasteiger charge is -2.41. The van der Waals surface area contributed by atoms with Crippen molar-refractivity contribution in [2.24, 2.45) is 5.92 Å². The van der Waals surface area contributed by atoms with E-state index in [1.807, 2.05) is 0 Å². The molecule has 90 valence electrons. The lowest BCUT2D eigenvalue weighted by molar-refractivity contribution is -0.149. The predicted molar refractivity (Wildman–Crippen MR) is 54.7 cm³/mol. The zero-order chi connectivity index (χ0) is 11.7. The van der Waals surface area contributed by atoms with Crippen LogP contribution in [0.3, 0.4) is 0 Å². The lowest BCUT2D eigenvalue weighted by Crippen LogP contribution is -2.47. The first-order chi connectivity index (χ1) is 6.68. The Balaban J connectivity index is 2.50. The normalized spacial score (nSPS) is 25.6. The van der Waals surface area contributed by atoms with Gasteiger partial charge in [0, 0.05) is 18.5 Å². The van der Waals surface area contributed by atoms with Crippen LogP contribution < -0.4 is 0 Å². The second-order valence-corrected chi connectivity index (χ2v) is 5.44. The van der Waals surface area contributed by atoms with Crippen LogP contribution >= 0.6 is 0 Å². The number of nitrogens with zero attached hydrogens (tertiary/aromatic N) is 1. The second kappa shape index (κ2) is 4.32. The molecule has 1 fully saturated rings. The molecule has 1 atom stereocenters. The van der Waals surface area contributed by atoms with E-state index < -0.39 is 12.6 Å². The van der Waals surface area contributed by atoms with Gasteiger partial charge in [-0.05, 0) is 46.1 Å². The number of alkyl halides is 3. The van der Waals surface area contributed by atoms with Crippen molar-refractivity contribution < 1.29 is 13.2 Å². The number of piperidine rings is 1. The molecule has 15 heavy (non-hydrogen) atoms. The Hall–Kier alpha value is -0.250. The molecule has 0 bridgehead atoms. The SMILES string of the molecule is CC(C)(C)N1CCCC(CC(F)(F)F)C1. The van der Waals surface area contributed by atoms with E-state index in [0.717, 1.165) is 13.0 Å². The highest BCUT2D eigenvalue weighted by molar-refractivity contribution is 4.83. The second-order valence-electron chi connectivity index (χ2n) is 5.44. The summed E-state index contributed by atoms with van der Waals surface area (Å²) in [7, 11) is 0. The molecule has 0 aliphatic carbocycles. The van der Waals surface area contributed by atoms with E-state index in [2.05, 4.69) is 25.7 Å². The number of halogens is 3. The van der Waals surface area contributed by atoms with Gasteiger partial charge in [0.1, 0.15) is 0 Å². The summed E-state index contributed by atoms with van der Waals surface area (Å²) in [6.45, 7) is 7.69. The molecule has 1 unspecified atom stereocenters. The average Bonchev–Trinajstić information content (AvgIpc) is 1.99. The van der Waals surface area contributed by atoms with Gasteiger partial charge in [-0.15, -0.1) is 0 Å². The van der Waals surface area contributed by atoms with E-state index in [9.17, 15) is 13.2 Å². The van der Waals surface area contributed by atoms with Gasteiger partial charge in [-0.3, -0.25) is 4.90 Å². The molecule has 0 amide bonds. The molecule has 0 aromatic heterocycles. The van der Waals surface area contributed by atoms with Gasteiger partial charge in [-0.2, -0.15) is 13.2 Å². The Morgan fingerprint density at radius 1 is 1.20 bits per heavy atom. The van der Waals surface area contributed by atoms with Crippen molar-refractivity contribution in [3.05, 3.63) is 0 Å². The Kier molecular flexibility index (Phi) is 3.69. The molecular weight excluding hydrogens is 203 g/mol. The third-order valence-electron chi connectivity index (χ3n) is 2.99. The first-order valence-corrected chi connectivity index (χ1v) is 5.50. The highest BCUT2D eigenvalue weighted by atomic mass is 19.4. The summed E-state index contributed by atoms with van der Waals surface area (Å²) >= 11 is 0. The van der Waals surface area contributed by atoms with E-state index in [1.165, 1.54) is 0 Å². The summed E-state index contributed by atoms with van der Waals surface area (Å²) in [5, 5.41) is 0. The monoisotopic (exact) mass is 223 g/mol. The summed E-state index contributed by atoms with van der Waals surface area (Å²) in [4.78, 5) is 2.16. The van der Waals surface area contributed by atoms with E-state index >= 15 is 0 Å². The number of likely N-dealkylation sites (tertiary alicyclic amines) is 1. The third kappa shape index (κ3) is 4.41. The molecule has 0 aromatic rings. The Bertz CT molecular complexity index is 205. The van der Waals surface area contributed by atoms with Crippen LogP contribution in [0.5, 0.6) is 0 Å². The molecule has 1 aliphatic rings. The minimum atomic E-state index is -4.01. The van der Waals surface area contributed by atoms with Gasteiger partial charge in [0.25, 0.3) is 0 Å². The number of hydrogen-bond donors (Lipinski definition) is 0. The van der Waals surface area contributed by atoms with E-state index in [-0.39, 0.29) is 11.5 Å². The van der Waals surface area contributed by atoms with Gasteiger partial charge in [0.05, 0.1) is 0 Å². The molecule has 4 heteroatoms. The maximum absolute atomic E-state index is 12.2. The molecule has 1 saturated heterocycles. The molecule has 1 rings (SSSR count). The molecule has 1 aliphatic heterocycles. The van der Waals surface area contributed by atoms with E-state index in [4.69, 9.17) is 0 Å². The van der Waals surface area contributed by atoms with Crippen LogP contribution in [0.4, 0.5) is 13.2 Å². The van der Waals surface area contributed by atoms with Gasteiger partial charge >= 0.3 is 6.18 Å². The fourth-order valence-corrected chi connectivity index (χ4v) is 2.17. The van der Waals surface area contributed by atoms with Crippen LogP contribution in [0, 0.1) is 5.92 Å². The van der Waals surface area contributed by atoms with Crippen molar-refractivity contribution in [1.82, 2.24) is 4.90 Å². The quantitative estimate of drug-likeness (QED) is 0.658. The van der Waals surface area contributed by atoms with Crippen LogP contribution in [0.1, 0.15) is 40.0 Å². The van der Waals surface area contributed by atoms with Crippen LogP contribution in [-0.2, 0) is 0 Å². The van der Waals surface area contributed by atoms with Gasteiger partial charge in [0.2, 0.25) is 0 Å². The summed E-state index contributed by atoms with van der Waals surface area (Å²) in [5.74, 6) is -0.210. The molecule has 0 N–H and O–H groups in total. The minimum Gasteiger partial charge on any atom is -0.298 e. The highest BCUT2D eigenvalue weighted by Crippen LogP contribution is 2.32. The summed E-state index contributed by atoms with van der Waals surface area (Å²) in [5.41, 5.74) is -0.00965. The largest absolute Gasteiger partial charge is 0.389 e. The lowest BCUT2D eigenvalue weighted by atomic mass is 9.91. The number of rotatable bonds is 1. The van der Waals surface area contributed by atoms with Crippen molar-refractivity contribution in [3.63, 3.8) is 0 Å². The topological polar surface area (TPSA) is 3.24 Å². The molecule has 0 radical (unpaired) electrons. The third-order valence-corrected chi connectivity index (χ3v) is 2.99. The molecule has 0 aromatic carbocycles. The maximum Gasteiger partial charge on any atom is 0.389 e. The first-order valence-electron chi connectivity index (χ1n) is 5.50. The zero-order valence-corrected chi connectivity index (χ0v) is 9.69. The van der Waals surface area contributed by atoms with Gasteiger partial charge in [-0.25, -0.2) is 0 Å². The zero-order valence-electron chi connectivity index (χ0n) is 9.69. The molecule has 0 saturated carbocycles. The van der Waals surface area contributed by atoms with Gasteiger partial charge in [0.15, 0.2) is 0 Å². The molecule has 1 heterocycles. The number of hydrogen-bond acceptors (Lipinski definition) is 1. The minimum absolute atomic E-state index is 0.00965. The smallest absolute Gasteiger partial charge is 0.298 e. The summed E-state index contributed by atoms with van der Waals surface area (Å²) in [6.07, 6.45) is -3.03. The summed E-state index contributed by atoms with van der Waals surface area (Å²) < 4.78 is 36.7. The van der Waals surface area contributed by atoms with Crippen molar-refractivity contribution in [2.45, 2.75) is 51.7 Å². The predicted octanol–water partition coefficient (Wildman–Crippen LogP) is 3.45. The van der Waals surface area contributed by atoms with Crippen LogP contribution in [0.15, 0.2) is 0 Å². The highest BCUT2D eigenvalue weighted by Gasteiger charge is 2.35. The average molecular weight is 223 g/mol. The van der Waals surface area contributed by atoms with E-state index in [1.54, 1.807) is 0 Å². The molecule has 0 spiro atoms. The van der Waals surface area contributed by atoms with Crippen molar-refractivity contribution in [3.8, 4) is 0 Å². The molecule has 1 nitrogen and oxygen atoms in total. The summed E-state index contributed by atoms with van der Waals surface area (Å²) in [6, 6.07) is 0. The fraction of sp³-hybridized carbons (Fsp3) is 1.00. The van der Waals surface area contributed by atoms with Crippen LogP contribution in [0.2, 0.25) is 0 Å². The molecular formula is C11H20F3N. The standard InChI is InChI=1S/C11H20F3N/c1-10(2,3)15-6-4-5-9(8-15)7-11(12,13)14/h9H,4-8H2,1-3H3. The first kappa shape index (κ1) is 12.8. The van der Waals surface area contributed by atoms with Crippen molar-refractivity contribution in [1.29, 1.82) is 0 Å².